The zero-order valence-electron chi connectivity index (χ0n) is 8.79. The second kappa shape index (κ2) is 5.03. The molecule has 5 nitrogen and oxygen atoms in total. The van der Waals surface area contributed by atoms with Gasteiger partial charge in [0.05, 0.1) is 0 Å². The van der Waals surface area contributed by atoms with E-state index in [1.807, 2.05) is 0 Å². The standard InChI is InChI=1S/C11H11N3O2/c1-2-11(10(15)16,14-13-8-12)9-6-4-3-5-7-9/h3-7H,2H2,1H3,(H,15,16). The first kappa shape index (κ1) is 11.9. The monoisotopic (exact) mass is 217 g/mol. The van der Waals surface area contributed by atoms with Crippen LogP contribution in [0, 0.1) is 11.5 Å². The maximum Gasteiger partial charge on any atom is 0.338 e. The van der Waals surface area contributed by atoms with Crippen LogP contribution in [0.15, 0.2) is 40.6 Å². The highest BCUT2D eigenvalue weighted by molar-refractivity contribution is 5.80. The minimum Gasteiger partial charge on any atom is -0.479 e. The summed E-state index contributed by atoms with van der Waals surface area (Å²) in [5.41, 5.74) is -0.944. The maximum atomic E-state index is 11.3. The number of aliphatic carboxylic acids is 1. The molecular formula is C11H11N3O2. The van der Waals surface area contributed by atoms with Crippen LogP contribution in [0.25, 0.3) is 0 Å². The molecule has 0 amide bonds. The van der Waals surface area contributed by atoms with E-state index in [4.69, 9.17) is 5.26 Å². The van der Waals surface area contributed by atoms with Gasteiger partial charge in [-0.25, -0.2) is 4.79 Å². The Morgan fingerprint density at radius 3 is 2.56 bits per heavy atom. The van der Waals surface area contributed by atoms with Gasteiger partial charge in [0.2, 0.25) is 11.7 Å². The largest absolute Gasteiger partial charge is 0.479 e. The van der Waals surface area contributed by atoms with Gasteiger partial charge in [-0.05, 0) is 12.0 Å². The zero-order valence-corrected chi connectivity index (χ0v) is 8.79. The van der Waals surface area contributed by atoms with Gasteiger partial charge in [0, 0.05) is 0 Å². The summed E-state index contributed by atoms with van der Waals surface area (Å²) in [6.45, 7) is 1.69. The lowest BCUT2D eigenvalue weighted by molar-refractivity contribution is -0.144. The van der Waals surface area contributed by atoms with E-state index in [1.165, 1.54) is 6.19 Å². The van der Waals surface area contributed by atoms with Crippen molar-refractivity contribution < 1.29 is 9.90 Å². The van der Waals surface area contributed by atoms with Gasteiger partial charge in [0.1, 0.15) is 0 Å². The molecule has 1 unspecified atom stereocenters. The average Bonchev–Trinajstić information content (AvgIpc) is 2.31. The van der Waals surface area contributed by atoms with Crippen molar-refractivity contribution in [2.75, 3.05) is 0 Å². The fourth-order valence-electron chi connectivity index (χ4n) is 1.47. The van der Waals surface area contributed by atoms with Crippen LogP contribution in [-0.4, -0.2) is 11.1 Å². The molecule has 0 saturated carbocycles. The molecule has 0 radical (unpaired) electrons. The van der Waals surface area contributed by atoms with Crippen molar-refractivity contribution in [2.45, 2.75) is 18.9 Å². The molecule has 0 spiro atoms. The van der Waals surface area contributed by atoms with Crippen LogP contribution in [0.1, 0.15) is 18.9 Å². The number of hydrogen-bond acceptors (Lipinski definition) is 4. The number of hydrogen-bond donors (Lipinski definition) is 1. The van der Waals surface area contributed by atoms with Crippen LogP contribution in [0.2, 0.25) is 0 Å². The van der Waals surface area contributed by atoms with E-state index in [-0.39, 0.29) is 6.42 Å². The number of nitrogens with zero attached hydrogens (tertiary/aromatic N) is 3. The molecule has 0 aliphatic rings. The molecule has 5 heteroatoms. The molecule has 1 atom stereocenters. The van der Waals surface area contributed by atoms with Gasteiger partial charge in [-0.1, -0.05) is 42.4 Å². The quantitative estimate of drug-likeness (QED) is 0.620. The number of nitriles is 1. The molecule has 1 aromatic rings. The Bertz CT molecular complexity index is 436. The van der Waals surface area contributed by atoms with Crippen molar-refractivity contribution in [3.8, 4) is 6.19 Å². The molecule has 0 aliphatic carbocycles. The van der Waals surface area contributed by atoms with Gasteiger partial charge >= 0.3 is 5.97 Å². The molecule has 0 heterocycles. The van der Waals surface area contributed by atoms with Gasteiger partial charge in [0.15, 0.2) is 0 Å². The molecule has 0 bridgehead atoms. The third kappa shape index (κ3) is 2.06. The fraction of sp³-hybridized carbons (Fsp3) is 0.273. The number of benzene rings is 1. The summed E-state index contributed by atoms with van der Waals surface area (Å²) in [4.78, 5) is 11.3. The number of carboxylic acids is 1. The van der Waals surface area contributed by atoms with Crippen LogP contribution < -0.4 is 0 Å². The van der Waals surface area contributed by atoms with Crippen LogP contribution in [0.4, 0.5) is 0 Å². The van der Waals surface area contributed by atoms with Gasteiger partial charge in [0.25, 0.3) is 0 Å². The van der Waals surface area contributed by atoms with Crippen molar-refractivity contribution in [3.05, 3.63) is 35.9 Å². The Morgan fingerprint density at radius 1 is 1.50 bits per heavy atom. The summed E-state index contributed by atoms with van der Waals surface area (Å²) in [5.74, 6) is -1.11. The first-order valence-electron chi connectivity index (χ1n) is 4.77. The summed E-state index contributed by atoms with van der Waals surface area (Å²) in [7, 11) is 0. The molecule has 1 rings (SSSR count). The molecule has 0 aliphatic heterocycles. The number of azo groups is 1. The molecule has 1 N–H and O–H groups in total. The van der Waals surface area contributed by atoms with Crippen LogP contribution in [-0.2, 0) is 10.3 Å². The molecule has 82 valence electrons. The Hall–Kier alpha value is -2.22. The summed E-state index contributed by atoms with van der Waals surface area (Å²) in [6.07, 6.45) is 1.71. The molecule has 0 fully saturated rings. The Balaban J connectivity index is 3.30. The predicted molar refractivity (Wildman–Crippen MR) is 56.5 cm³/mol. The fourth-order valence-corrected chi connectivity index (χ4v) is 1.47. The van der Waals surface area contributed by atoms with E-state index in [0.717, 1.165) is 0 Å². The predicted octanol–water partition coefficient (Wildman–Crippen LogP) is 2.31. The van der Waals surface area contributed by atoms with E-state index in [1.54, 1.807) is 37.3 Å². The molecule has 0 aromatic heterocycles. The number of carbonyl (C=O) groups is 1. The Labute approximate surface area is 93.1 Å². The second-order valence-corrected chi connectivity index (χ2v) is 3.19. The summed E-state index contributed by atoms with van der Waals surface area (Å²) < 4.78 is 0. The molecular weight excluding hydrogens is 206 g/mol. The molecule has 1 aromatic carbocycles. The van der Waals surface area contributed by atoms with E-state index in [2.05, 4.69) is 10.2 Å². The highest BCUT2D eigenvalue weighted by atomic mass is 16.4. The van der Waals surface area contributed by atoms with Crippen molar-refractivity contribution in [1.82, 2.24) is 0 Å². The van der Waals surface area contributed by atoms with E-state index >= 15 is 0 Å². The number of rotatable bonds is 4. The van der Waals surface area contributed by atoms with E-state index < -0.39 is 11.5 Å². The highest BCUT2D eigenvalue weighted by Crippen LogP contribution is 2.30. The molecule has 16 heavy (non-hydrogen) atoms. The van der Waals surface area contributed by atoms with Gasteiger partial charge in [-0.2, -0.15) is 10.4 Å². The number of carboxylic acid groups (broad SMARTS) is 1. The topological polar surface area (TPSA) is 85.8 Å². The third-order valence-electron chi connectivity index (χ3n) is 2.38. The second-order valence-electron chi connectivity index (χ2n) is 3.19. The van der Waals surface area contributed by atoms with Gasteiger partial charge in [-0.3, -0.25) is 0 Å². The smallest absolute Gasteiger partial charge is 0.338 e. The minimum absolute atomic E-state index is 0.234. The first-order chi connectivity index (χ1) is 7.67. The minimum atomic E-state index is -1.46. The zero-order chi connectivity index (χ0) is 12.0. The lowest BCUT2D eigenvalue weighted by atomic mass is 9.88. The van der Waals surface area contributed by atoms with E-state index in [0.29, 0.717) is 5.56 Å². The Kier molecular flexibility index (Phi) is 3.72. The lowest BCUT2D eigenvalue weighted by Gasteiger charge is -2.21. The van der Waals surface area contributed by atoms with Crippen molar-refractivity contribution in [2.24, 2.45) is 10.2 Å². The van der Waals surface area contributed by atoms with Crippen LogP contribution in [0.5, 0.6) is 0 Å². The van der Waals surface area contributed by atoms with Gasteiger partial charge < -0.3 is 5.11 Å². The first-order valence-corrected chi connectivity index (χ1v) is 4.77. The Morgan fingerprint density at radius 2 is 2.12 bits per heavy atom. The maximum absolute atomic E-state index is 11.3. The van der Waals surface area contributed by atoms with E-state index in [9.17, 15) is 9.90 Å². The van der Waals surface area contributed by atoms with Crippen molar-refractivity contribution in [3.63, 3.8) is 0 Å². The van der Waals surface area contributed by atoms with Gasteiger partial charge in [-0.15, -0.1) is 0 Å². The summed E-state index contributed by atoms with van der Waals surface area (Å²) >= 11 is 0. The normalized spacial score (nSPS) is 14.2. The van der Waals surface area contributed by atoms with Crippen molar-refractivity contribution >= 4 is 5.97 Å². The van der Waals surface area contributed by atoms with Crippen molar-refractivity contribution in [1.29, 1.82) is 5.26 Å². The van der Waals surface area contributed by atoms with Crippen LogP contribution >= 0.6 is 0 Å². The summed E-state index contributed by atoms with van der Waals surface area (Å²) in [6, 6.07) is 8.56. The molecule has 0 saturated heterocycles. The lowest BCUT2D eigenvalue weighted by Crippen LogP contribution is -2.32. The average molecular weight is 217 g/mol. The highest BCUT2D eigenvalue weighted by Gasteiger charge is 2.39. The summed E-state index contributed by atoms with van der Waals surface area (Å²) in [5, 5.41) is 24.4. The third-order valence-corrected chi connectivity index (χ3v) is 2.38. The SMILES string of the molecule is CCC(N=NC#N)(C(=O)O)c1ccccc1. The van der Waals surface area contributed by atoms with Crippen LogP contribution in [0.3, 0.4) is 0 Å².